The van der Waals surface area contributed by atoms with Crippen LogP contribution < -0.4 is 10.5 Å². The normalized spacial score (nSPS) is 23.9. The SMILES string of the molecule is Cc1sc(C(=O)N2CC(C)NC(C)C2)cc1S(N)(=O)=O. The molecule has 6 nitrogen and oxygen atoms in total. The van der Waals surface area contributed by atoms with Crippen LogP contribution in [0.2, 0.25) is 0 Å². The number of piperazine rings is 1. The van der Waals surface area contributed by atoms with E-state index in [4.69, 9.17) is 5.14 Å². The van der Waals surface area contributed by atoms with E-state index < -0.39 is 10.0 Å². The zero-order chi connectivity index (χ0) is 15.1. The predicted molar refractivity (Wildman–Crippen MR) is 78.4 cm³/mol. The third kappa shape index (κ3) is 3.20. The van der Waals surface area contributed by atoms with Crippen molar-refractivity contribution in [2.24, 2.45) is 5.14 Å². The highest BCUT2D eigenvalue weighted by Crippen LogP contribution is 2.26. The minimum absolute atomic E-state index is 0.0436. The van der Waals surface area contributed by atoms with E-state index in [1.807, 2.05) is 13.8 Å². The molecule has 2 heterocycles. The number of carbonyl (C=O) groups excluding carboxylic acids is 1. The quantitative estimate of drug-likeness (QED) is 0.832. The second kappa shape index (κ2) is 5.44. The van der Waals surface area contributed by atoms with E-state index in [9.17, 15) is 13.2 Å². The van der Waals surface area contributed by atoms with Gasteiger partial charge in [0, 0.05) is 30.1 Å². The van der Waals surface area contributed by atoms with Crippen molar-refractivity contribution < 1.29 is 13.2 Å². The summed E-state index contributed by atoms with van der Waals surface area (Å²) in [6, 6.07) is 1.83. The predicted octanol–water partition coefficient (Wildman–Crippen LogP) is 0.526. The standard InChI is InChI=1S/C12H19N3O3S2/c1-7-5-15(6-8(2)14-7)12(16)10-4-11(9(3)19-10)20(13,17)18/h4,7-8,14H,5-6H2,1-3H3,(H2,13,17,18). The zero-order valence-electron chi connectivity index (χ0n) is 11.7. The lowest BCUT2D eigenvalue weighted by Gasteiger charge is -2.35. The molecule has 2 rings (SSSR count). The van der Waals surface area contributed by atoms with E-state index in [1.54, 1.807) is 11.8 Å². The third-order valence-electron chi connectivity index (χ3n) is 3.23. The molecule has 2 unspecified atom stereocenters. The molecule has 1 aromatic heterocycles. The average molecular weight is 317 g/mol. The zero-order valence-corrected chi connectivity index (χ0v) is 13.3. The van der Waals surface area contributed by atoms with Crippen LogP contribution in [0.5, 0.6) is 0 Å². The fraction of sp³-hybridized carbons (Fsp3) is 0.583. The minimum atomic E-state index is -3.77. The van der Waals surface area contributed by atoms with Crippen molar-refractivity contribution in [2.75, 3.05) is 13.1 Å². The first-order chi connectivity index (χ1) is 9.18. The van der Waals surface area contributed by atoms with Crippen LogP contribution in [-0.4, -0.2) is 44.4 Å². The molecular weight excluding hydrogens is 298 g/mol. The Morgan fingerprint density at radius 1 is 1.40 bits per heavy atom. The van der Waals surface area contributed by atoms with Crippen molar-refractivity contribution in [1.82, 2.24) is 10.2 Å². The highest BCUT2D eigenvalue weighted by molar-refractivity contribution is 7.89. The van der Waals surface area contributed by atoms with Gasteiger partial charge in [0.2, 0.25) is 10.0 Å². The van der Waals surface area contributed by atoms with Crippen LogP contribution in [0.4, 0.5) is 0 Å². The van der Waals surface area contributed by atoms with Crippen molar-refractivity contribution in [2.45, 2.75) is 37.8 Å². The third-order valence-corrected chi connectivity index (χ3v) is 5.44. The summed E-state index contributed by atoms with van der Waals surface area (Å²) in [6.07, 6.45) is 0. The summed E-state index contributed by atoms with van der Waals surface area (Å²) < 4.78 is 22.8. The molecule has 0 saturated carbocycles. The molecule has 3 N–H and O–H groups in total. The number of nitrogens with zero attached hydrogens (tertiary/aromatic N) is 1. The van der Waals surface area contributed by atoms with E-state index in [-0.39, 0.29) is 22.9 Å². The smallest absolute Gasteiger partial charge is 0.264 e. The molecule has 1 aliphatic heterocycles. The Morgan fingerprint density at radius 3 is 2.40 bits per heavy atom. The number of thiophene rings is 1. The number of hydrogen-bond acceptors (Lipinski definition) is 5. The number of sulfonamides is 1. The Labute approximate surface area is 123 Å². The van der Waals surface area contributed by atoms with Gasteiger partial charge in [0.25, 0.3) is 5.91 Å². The minimum Gasteiger partial charge on any atom is -0.335 e. The second-order valence-electron chi connectivity index (χ2n) is 5.25. The van der Waals surface area contributed by atoms with Crippen LogP contribution in [0.1, 0.15) is 28.4 Å². The first kappa shape index (κ1) is 15.4. The number of aryl methyl sites for hydroxylation is 1. The summed E-state index contributed by atoms with van der Waals surface area (Å²) >= 11 is 1.17. The van der Waals surface area contributed by atoms with Gasteiger partial charge in [-0.1, -0.05) is 0 Å². The van der Waals surface area contributed by atoms with E-state index in [2.05, 4.69) is 5.32 Å². The van der Waals surface area contributed by atoms with Crippen LogP contribution in [0.25, 0.3) is 0 Å². The molecule has 1 saturated heterocycles. The molecule has 1 amide bonds. The molecule has 0 spiro atoms. The van der Waals surface area contributed by atoms with Crippen LogP contribution >= 0.6 is 11.3 Å². The molecule has 0 aliphatic carbocycles. The summed E-state index contributed by atoms with van der Waals surface area (Å²) in [6.45, 7) is 6.93. The van der Waals surface area contributed by atoms with Gasteiger partial charge in [-0.25, -0.2) is 13.6 Å². The number of rotatable bonds is 2. The number of hydrogen-bond donors (Lipinski definition) is 2. The fourth-order valence-corrected chi connectivity index (χ4v) is 4.62. The summed E-state index contributed by atoms with van der Waals surface area (Å²) in [5.41, 5.74) is 0. The average Bonchev–Trinajstić information content (AvgIpc) is 2.68. The van der Waals surface area contributed by atoms with Crippen LogP contribution in [0.3, 0.4) is 0 Å². The van der Waals surface area contributed by atoms with Gasteiger partial charge in [0.15, 0.2) is 0 Å². The van der Waals surface area contributed by atoms with Crippen LogP contribution in [-0.2, 0) is 10.0 Å². The maximum Gasteiger partial charge on any atom is 0.264 e. The van der Waals surface area contributed by atoms with E-state index in [0.717, 1.165) is 0 Å². The van der Waals surface area contributed by atoms with Crippen molar-refractivity contribution >= 4 is 27.3 Å². The summed E-state index contributed by atoms with van der Waals surface area (Å²) in [5.74, 6) is -0.131. The highest BCUT2D eigenvalue weighted by Gasteiger charge is 2.28. The Bertz CT molecular complexity index is 614. The molecule has 0 bridgehead atoms. The maximum absolute atomic E-state index is 12.5. The molecule has 0 radical (unpaired) electrons. The monoisotopic (exact) mass is 317 g/mol. The second-order valence-corrected chi connectivity index (χ2v) is 8.04. The van der Waals surface area contributed by atoms with Gasteiger partial charge < -0.3 is 10.2 Å². The lowest BCUT2D eigenvalue weighted by molar-refractivity contribution is 0.0678. The Kier molecular flexibility index (Phi) is 4.19. The Balaban J connectivity index is 2.26. The number of nitrogens with one attached hydrogen (secondary N) is 1. The maximum atomic E-state index is 12.5. The van der Waals surface area contributed by atoms with Gasteiger partial charge in [0.1, 0.15) is 0 Å². The topological polar surface area (TPSA) is 92.5 Å². The van der Waals surface area contributed by atoms with Gasteiger partial charge in [-0.15, -0.1) is 11.3 Å². The Hall–Kier alpha value is -0.960. The van der Waals surface area contributed by atoms with Gasteiger partial charge in [-0.3, -0.25) is 4.79 Å². The lowest BCUT2D eigenvalue weighted by atomic mass is 10.1. The molecule has 1 aromatic rings. The fourth-order valence-electron chi connectivity index (χ4n) is 2.50. The molecule has 0 aromatic carbocycles. The first-order valence-corrected chi connectivity index (χ1v) is 8.73. The van der Waals surface area contributed by atoms with Crippen molar-refractivity contribution in [3.05, 3.63) is 15.8 Å². The van der Waals surface area contributed by atoms with E-state index >= 15 is 0 Å². The van der Waals surface area contributed by atoms with Gasteiger partial charge in [-0.05, 0) is 26.8 Å². The molecule has 20 heavy (non-hydrogen) atoms. The number of carbonyl (C=O) groups is 1. The Morgan fingerprint density at radius 2 is 1.95 bits per heavy atom. The summed E-state index contributed by atoms with van der Waals surface area (Å²) in [7, 11) is -3.77. The van der Waals surface area contributed by atoms with E-state index in [0.29, 0.717) is 22.8 Å². The number of amides is 1. The highest BCUT2D eigenvalue weighted by atomic mass is 32.2. The molecule has 8 heteroatoms. The van der Waals surface area contributed by atoms with Gasteiger partial charge in [-0.2, -0.15) is 0 Å². The number of nitrogens with two attached hydrogens (primary N) is 1. The van der Waals surface area contributed by atoms with Crippen molar-refractivity contribution in [1.29, 1.82) is 0 Å². The number of primary sulfonamides is 1. The van der Waals surface area contributed by atoms with Gasteiger partial charge >= 0.3 is 0 Å². The van der Waals surface area contributed by atoms with Gasteiger partial charge in [0.05, 0.1) is 9.77 Å². The first-order valence-electron chi connectivity index (χ1n) is 6.37. The summed E-state index contributed by atoms with van der Waals surface area (Å²) in [5, 5.41) is 8.49. The van der Waals surface area contributed by atoms with E-state index in [1.165, 1.54) is 17.4 Å². The largest absolute Gasteiger partial charge is 0.335 e. The van der Waals surface area contributed by atoms with Crippen molar-refractivity contribution in [3.63, 3.8) is 0 Å². The summed E-state index contributed by atoms with van der Waals surface area (Å²) in [4.78, 5) is 15.2. The molecule has 112 valence electrons. The molecule has 1 fully saturated rings. The van der Waals surface area contributed by atoms with Crippen molar-refractivity contribution in [3.8, 4) is 0 Å². The molecule has 2 atom stereocenters. The van der Waals surface area contributed by atoms with Crippen LogP contribution in [0.15, 0.2) is 11.0 Å². The lowest BCUT2D eigenvalue weighted by Crippen LogP contribution is -2.55. The molecular formula is C12H19N3O3S2. The van der Waals surface area contributed by atoms with Crippen LogP contribution in [0, 0.1) is 6.92 Å². The molecule has 1 aliphatic rings.